The number of imidazole rings is 1. The second-order valence-corrected chi connectivity index (χ2v) is 9.92. The van der Waals surface area contributed by atoms with Gasteiger partial charge in [-0.3, -0.25) is 9.36 Å². The van der Waals surface area contributed by atoms with E-state index in [0.29, 0.717) is 5.82 Å². The van der Waals surface area contributed by atoms with Crippen LogP contribution >= 0.6 is 11.3 Å². The highest BCUT2D eigenvalue weighted by molar-refractivity contribution is 7.13. The highest BCUT2D eigenvalue weighted by Gasteiger charge is 2.22. The SMILES string of the molecule is CC(=O)n1c2c(-c3ncc[nH]3)c(-c3cccs3)c1=Cc1ccc([nH]1)C=c1ccc([nH]1)=Cc1ccc([nH]1)C=2. The highest BCUT2D eigenvalue weighted by atomic mass is 32.1. The number of H-pyrrole nitrogens is 4. The van der Waals surface area contributed by atoms with Crippen LogP contribution in [0.3, 0.4) is 0 Å². The molecule has 0 aliphatic carbocycles. The molecule has 8 bridgehead atoms. The molecule has 0 radical (unpaired) electrons. The Morgan fingerprint density at radius 2 is 1.41 bits per heavy atom. The fourth-order valence-electron chi connectivity index (χ4n) is 4.96. The Kier molecular flexibility index (Phi) is 4.87. The first kappa shape index (κ1) is 21.5. The molecule has 4 N–H and O–H groups in total. The van der Waals surface area contributed by atoms with Gasteiger partial charge in [0.15, 0.2) is 0 Å². The molecule has 0 spiro atoms. The second-order valence-electron chi connectivity index (χ2n) is 8.97. The van der Waals surface area contributed by atoms with Gasteiger partial charge in [0, 0.05) is 63.2 Å². The lowest BCUT2D eigenvalue weighted by atomic mass is 10.1. The molecule has 180 valence electrons. The largest absolute Gasteiger partial charge is 0.355 e. The fourth-order valence-corrected chi connectivity index (χ4v) is 5.74. The third-order valence-corrected chi connectivity index (χ3v) is 7.35. The molecular weight excluding hydrogens is 480 g/mol. The van der Waals surface area contributed by atoms with Crippen LogP contribution in [0.15, 0.2) is 66.3 Å². The summed E-state index contributed by atoms with van der Waals surface area (Å²) in [5.41, 5.74) is 5.54. The van der Waals surface area contributed by atoms with E-state index in [9.17, 15) is 4.79 Å². The average molecular weight is 503 g/mol. The Labute approximate surface area is 214 Å². The summed E-state index contributed by atoms with van der Waals surface area (Å²) in [6.45, 7) is 1.60. The van der Waals surface area contributed by atoms with Crippen molar-refractivity contribution in [3.05, 3.63) is 110 Å². The van der Waals surface area contributed by atoms with Gasteiger partial charge in [-0.05, 0) is 72.1 Å². The minimum atomic E-state index is -0.0801. The quantitative estimate of drug-likeness (QED) is 0.292. The number of nitrogens with one attached hydrogen (secondary N) is 4. The van der Waals surface area contributed by atoms with Gasteiger partial charge in [-0.25, -0.2) is 4.98 Å². The van der Waals surface area contributed by atoms with Crippen molar-refractivity contribution < 1.29 is 4.79 Å². The third-order valence-electron chi connectivity index (χ3n) is 6.46. The van der Waals surface area contributed by atoms with Gasteiger partial charge in [0.2, 0.25) is 5.91 Å². The zero-order valence-corrected chi connectivity index (χ0v) is 20.7. The minimum absolute atomic E-state index is 0.0801. The number of aromatic amines is 4. The first-order chi connectivity index (χ1) is 18.1. The van der Waals surface area contributed by atoms with E-state index >= 15 is 0 Å². The molecule has 0 atom stereocenters. The van der Waals surface area contributed by atoms with Crippen molar-refractivity contribution in [3.8, 4) is 21.8 Å². The van der Waals surface area contributed by atoms with E-state index in [1.165, 1.54) is 0 Å². The lowest BCUT2D eigenvalue weighted by molar-refractivity contribution is 0.0931. The first-order valence-corrected chi connectivity index (χ1v) is 12.8. The van der Waals surface area contributed by atoms with Crippen LogP contribution in [0.5, 0.6) is 0 Å². The van der Waals surface area contributed by atoms with Crippen molar-refractivity contribution in [2.45, 2.75) is 6.92 Å². The third kappa shape index (κ3) is 3.75. The molecule has 0 amide bonds. The Bertz CT molecular complexity index is 1870. The van der Waals surface area contributed by atoms with Gasteiger partial charge < -0.3 is 19.9 Å². The molecule has 37 heavy (non-hydrogen) atoms. The Morgan fingerprint density at radius 1 is 0.784 bits per heavy atom. The minimum Gasteiger partial charge on any atom is -0.355 e. The maximum Gasteiger partial charge on any atom is 0.228 e. The van der Waals surface area contributed by atoms with Crippen LogP contribution in [-0.4, -0.2) is 35.4 Å². The van der Waals surface area contributed by atoms with Crippen LogP contribution in [0.2, 0.25) is 0 Å². The summed E-state index contributed by atoms with van der Waals surface area (Å²) >= 11 is 1.64. The second kappa shape index (κ2) is 8.39. The summed E-state index contributed by atoms with van der Waals surface area (Å²) in [6, 6.07) is 16.3. The van der Waals surface area contributed by atoms with Crippen LogP contribution in [0.25, 0.3) is 46.1 Å². The Hall–Kier alpha value is -4.82. The predicted octanol–water partition coefficient (Wildman–Crippen LogP) is 2.88. The summed E-state index contributed by atoms with van der Waals surface area (Å²) in [6.07, 6.45) is 11.7. The molecule has 0 aromatic carbocycles. The molecular formula is C29H22N6OS. The molecule has 7 nitrogen and oxygen atoms in total. The van der Waals surface area contributed by atoms with Crippen LogP contribution in [0.1, 0.15) is 34.5 Å². The molecule has 0 unspecified atom stereocenters. The van der Waals surface area contributed by atoms with E-state index in [1.807, 2.05) is 47.9 Å². The Morgan fingerprint density at radius 3 is 1.95 bits per heavy atom. The van der Waals surface area contributed by atoms with Crippen molar-refractivity contribution in [2.75, 3.05) is 0 Å². The van der Waals surface area contributed by atoms with E-state index in [2.05, 4.69) is 55.3 Å². The summed E-state index contributed by atoms with van der Waals surface area (Å²) in [7, 11) is 0. The summed E-state index contributed by atoms with van der Waals surface area (Å²) in [4.78, 5) is 32.6. The highest BCUT2D eigenvalue weighted by Crippen LogP contribution is 2.29. The number of aromatic nitrogens is 6. The molecule has 0 saturated heterocycles. The van der Waals surface area contributed by atoms with Crippen LogP contribution < -0.4 is 21.4 Å². The molecule has 1 aliphatic heterocycles. The van der Waals surface area contributed by atoms with E-state index in [-0.39, 0.29) is 5.91 Å². The number of carbonyl (C=O) groups is 1. The van der Waals surface area contributed by atoms with Crippen molar-refractivity contribution in [1.82, 2.24) is 29.5 Å². The lowest BCUT2D eigenvalue weighted by Crippen LogP contribution is -2.32. The summed E-state index contributed by atoms with van der Waals surface area (Å²) in [5, 5.41) is 5.61. The van der Waals surface area contributed by atoms with Gasteiger partial charge in [0.1, 0.15) is 5.82 Å². The molecule has 1 aliphatic rings. The number of nitrogens with zero attached hydrogens (tertiary/aromatic N) is 2. The molecule has 6 aromatic heterocycles. The summed E-state index contributed by atoms with van der Waals surface area (Å²) < 4.78 is 1.78. The monoisotopic (exact) mass is 502 g/mol. The zero-order chi connectivity index (χ0) is 24.9. The average Bonchev–Trinajstić information content (AvgIpc) is 3.70. The normalized spacial score (nSPS) is 12.4. The van der Waals surface area contributed by atoms with Gasteiger partial charge in [0.25, 0.3) is 0 Å². The van der Waals surface area contributed by atoms with Gasteiger partial charge in [-0.15, -0.1) is 11.3 Å². The van der Waals surface area contributed by atoms with Crippen LogP contribution in [0.4, 0.5) is 0 Å². The van der Waals surface area contributed by atoms with E-state index in [4.69, 9.17) is 0 Å². The van der Waals surface area contributed by atoms with Gasteiger partial charge >= 0.3 is 0 Å². The zero-order valence-electron chi connectivity index (χ0n) is 19.9. The van der Waals surface area contributed by atoms with Crippen molar-refractivity contribution in [1.29, 1.82) is 0 Å². The number of carbonyl (C=O) groups excluding carboxylic acids is 1. The van der Waals surface area contributed by atoms with Crippen LogP contribution in [0, 0.1) is 0 Å². The molecule has 0 saturated carbocycles. The Balaban J connectivity index is 1.67. The first-order valence-electron chi connectivity index (χ1n) is 11.9. The predicted molar refractivity (Wildman–Crippen MR) is 147 cm³/mol. The van der Waals surface area contributed by atoms with Gasteiger partial charge in [0.05, 0.1) is 16.3 Å². The number of thiophene rings is 1. The maximum atomic E-state index is 13.3. The van der Waals surface area contributed by atoms with Crippen molar-refractivity contribution in [2.24, 2.45) is 0 Å². The van der Waals surface area contributed by atoms with Gasteiger partial charge in [-0.2, -0.15) is 0 Å². The van der Waals surface area contributed by atoms with Gasteiger partial charge in [-0.1, -0.05) is 6.07 Å². The summed E-state index contributed by atoms with van der Waals surface area (Å²) in [5.74, 6) is 0.628. The molecule has 0 fully saturated rings. The smallest absolute Gasteiger partial charge is 0.228 e. The molecule has 7 rings (SSSR count). The van der Waals surface area contributed by atoms with Crippen molar-refractivity contribution >= 4 is 41.5 Å². The molecule has 7 heterocycles. The number of rotatable bonds is 2. The lowest BCUT2D eigenvalue weighted by Gasteiger charge is -2.00. The standard InChI is InChI=1S/C29H22N6OS/c1-17(36)35-24-15-22-8-6-20(33-22)13-18-4-5-19(32-18)14-21-7-9-23(34-21)16-25(35)28(29-30-10-11-31-29)27(24)26-3-2-12-37-26/h2-16,32-34H,1H3,(H,30,31). The van der Waals surface area contributed by atoms with E-state index < -0.39 is 0 Å². The molecule has 6 aromatic rings. The van der Waals surface area contributed by atoms with Crippen molar-refractivity contribution in [3.63, 3.8) is 0 Å². The van der Waals surface area contributed by atoms with Crippen LogP contribution in [-0.2, 0) is 0 Å². The fraction of sp³-hybridized carbons (Fsp3) is 0.0345. The van der Waals surface area contributed by atoms with E-state index in [0.717, 1.165) is 60.2 Å². The maximum absolute atomic E-state index is 13.3. The number of fused-ring (bicyclic) bond motifs is 8. The number of hydrogen-bond donors (Lipinski definition) is 4. The van der Waals surface area contributed by atoms with E-state index in [1.54, 1.807) is 35.2 Å². The number of hydrogen-bond acceptors (Lipinski definition) is 3. The molecule has 8 heteroatoms. The topological polar surface area (TPSA) is 98.0 Å².